The quantitative estimate of drug-likeness (QED) is 0.528. The zero-order chi connectivity index (χ0) is 17.2. The van der Waals surface area contributed by atoms with Crippen LogP contribution in [0.5, 0.6) is 5.75 Å². The molecule has 0 spiro atoms. The predicted molar refractivity (Wildman–Crippen MR) is 87.4 cm³/mol. The lowest BCUT2D eigenvalue weighted by Crippen LogP contribution is -2.49. The first-order chi connectivity index (χ1) is 11.0. The van der Waals surface area contributed by atoms with Crippen LogP contribution in [0.15, 0.2) is 24.3 Å². The van der Waals surface area contributed by atoms with Crippen molar-refractivity contribution in [3.05, 3.63) is 29.8 Å². The second-order valence-corrected chi connectivity index (χ2v) is 5.84. The first-order valence-corrected chi connectivity index (χ1v) is 8.34. The molecule has 0 heterocycles. The van der Waals surface area contributed by atoms with Gasteiger partial charge in [0.15, 0.2) is 0 Å². The molecule has 0 saturated carbocycles. The van der Waals surface area contributed by atoms with E-state index in [1.54, 1.807) is 24.3 Å². The van der Waals surface area contributed by atoms with Gasteiger partial charge in [-0.1, -0.05) is 12.1 Å². The van der Waals surface area contributed by atoms with Gasteiger partial charge in [0.2, 0.25) is 5.91 Å². The summed E-state index contributed by atoms with van der Waals surface area (Å²) in [7, 11) is 0. The largest absolute Gasteiger partial charge is 0.480 e. The Labute approximate surface area is 138 Å². The number of carboxylic acids is 1. The summed E-state index contributed by atoms with van der Waals surface area (Å²) in [6.07, 6.45) is 2.46. The summed E-state index contributed by atoms with van der Waals surface area (Å²) in [5.41, 5.74) is 6.60. The van der Waals surface area contributed by atoms with E-state index in [9.17, 15) is 14.4 Å². The van der Waals surface area contributed by atoms with E-state index in [1.807, 2.05) is 6.26 Å². The van der Waals surface area contributed by atoms with E-state index in [4.69, 9.17) is 10.8 Å². The Bertz CT molecular complexity index is 535. The van der Waals surface area contributed by atoms with Gasteiger partial charge in [-0.15, -0.1) is 0 Å². The third-order valence-corrected chi connectivity index (χ3v) is 3.77. The zero-order valence-corrected chi connectivity index (χ0v) is 13.5. The molecule has 2 atom stereocenters. The molecule has 0 unspecified atom stereocenters. The first kappa shape index (κ1) is 19.0. The van der Waals surface area contributed by atoms with Crippen molar-refractivity contribution in [2.24, 2.45) is 5.73 Å². The first-order valence-electron chi connectivity index (χ1n) is 6.95. The topological polar surface area (TPSA) is 119 Å². The number of carboxylic acid groups (broad SMARTS) is 1. The lowest BCUT2D eigenvalue weighted by molar-refractivity contribution is -0.142. The van der Waals surface area contributed by atoms with Gasteiger partial charge in [0, 0.05) is 0 Å². The molecule has 0 radical (unpaired) electrons. The highest BCUT2D eigenvalue weighted by Crippen LogP contribution is 2.12. The van der Waals surface area contributed by atoms with Crippen LogP contribution in [0.25, 0.3) is 0 Å². The number of rotatable bonds is 10. The molecule has 0 fully saturated rings. The minimum atomic E-state index is -1.07. The summed E-state index contributed by atoms with van der Waals surface area (Å²) >= 11 is 1.51. The van der Waals surface area contributed by atoms with Crippen molar-refractivity contribution >= 4 is 30.1 Å². The molecule has 0 aliphatic rings. The Hall–Kier alpha value is -2.06. The van der Waals surface area contributed by atoms with E-state index in [-0.39, 0.29) is 6.42 Å². The molecule has 7 nitrogen and oxygen atoms in total. The van der Waals surface area contributed by atoms with Crippen LogP contribution < -0.4 is 15.8 Å². The minimum absolute atomic E-state index is 0.252. The predicted octanol–water partition coefficient (Wildman–Crippen LogP) is 0.414. The van der Waals surface area contributed by atoms with Crippen LogP contribution in [0.3, 0.4) is 0 Å². The van der Waals surface area contributed by atoms with E-state index >= 15 is 0 Å². The number of hydrogen-bond acceptors (Lipinski definition) is 6. The smallest absolute Gasteiger partial charge is 0.326 e. The molecule has 0 aliphatic heterocycles. The molecule has 1 aromatic rings. The number of nitrogens with one attached hydrogen (secondary N) is 1. The molecular weight excluding hydrogens is 320 g/mol. The van der Waals surface area contributed by atoms with Gasteiger partial charge in [-0.05, 0) is 42.5 Å². The molecule has 23 heavy (non-hydrogen) atoms. The molecule has 1 rings (SSSR count). The molecule has 0 saturated heterocycles. The second kappa shape index (κ2) is 9.86. The summed E-state index contributed by atoms with van der Waals surface area (Å²) in [6, 6.07) is 4.76. The number of aliphatic carboxylic acids is 1. The van der Waals surface area contributed by atoms with Crippen molar-refractivity contribution in [3.63, 3.8) is 0 Å². The lowest BCUT2D eigenvalue weighted by atomic mass is 10.1. The summed E-state index contributed by atoms with van der Waals surface area (Å²) in [4.78, 5) is 33.3. The maximum Gasteiger partial charge on any atom is 0.326 e. The van der Waals surface area contributed by atoms with Crippen LogP contribution in [0, 0.1) is 0 Å². The zero-order valence-electron chi connectivity index (χ0n) is 12.7. The van der Waals surface area contributed by atoms with Crippen molar-refractivity contribution in [2.45, 2.75) is 24.9 Å². The van der Waals surface area contributed by atoms with Crippen molar-refractivity contribution in [3.8, 4) is 5.75 Å². The highest BCUT2D eigenvalue weighted by molar-refractivity contribution is 7.98. The number of nitrogens with two attached hydrogens (primary N) is 1. The van der Waals surface area contributed by atoms with Crippen LogP contribution in [0.1, 0.15) is 12.0 Å². The van der Waals surface area contributed by atoms with Gasteiger partial charge in [0.05, 0.1) is 6.04 Å². The molecule has 8 heteroatoms. The van der Waals surface area contributed by atoms with Gasteiger partial charge in [-0.2, -0.15) is 11.8 Å². The highest BCUT2D eigenvalue weighted by atomic mass is 32.2. The van der Waals surface area contributed by atoms with E-state index in [0.717, 1.165) is 5.56 Å². The van der Waals surface area contributed by atoms with Crippen molar-refractivity contribution in [1.82, 2.24) is 5.32 Å². The molecule has 1 amide bonds. The summed E-state index contributed by atoms with van der Waals surface area (Å²) in [6.45, 7) is 0.328. The van der Waals surface area contributed by atoms with E-state index in [2.05, 4.69) is 10.1 Å². The average molecular weight is 340 g/mol. The van der Waals surface area contributed by atoms with Crippen molar-refractivity contribution in [2.75, 3.05) is 12.0 Å². The lowest BCUT2D eigenvalue weighted by Gasteiger charge is -2.17. The van der Waals surface area contributed by atoms with Gasteiger partial charge in [0.1, 0.15) is 11.8 Å². The van der Waals surface area contributed by atoms with E-state index in [1.165, 1.54) is 11.8 Å². The van der Waals surface area contributed by atoms with Crippen LogP contribution in [0.4, 0.5) is 0 Å². The Morgan fingerprint density at radius 3 is 2.57 bits per heavy atom. The molecule has 0 bridgehead atoms. The van der Waals surface area contributed by atoms with Gasteiger partial charge >= 0.3 is 5.97 Å². The van der Waals surface area contributed by atoms with Gasteiger partial charge in [0.25, 0.3) is 6.47 Å². The number of ether oxygens (including phenoxy) is 1. The fourth-order valence-electron chi connectivity index (χ4n) is 1.88. The molecule has 1 aromatic carbocycles. The number of carbonyl (C=O) groups excluding carboxylic acids is 2. The van der Waals surface area contributed by atoms with Gasteiger partial charge in [-0.3, -0.25) is 9.59 Å². The molecule has 4 N–H and O–H groups in total. The number of benzene rings is 1. The summed E-state index contributed by atoms with van der Waals surface area (Å²) < 4.78 is 4.67. The van der Waals surface area contributed by atoms with Crippen LogP contribution >= 0.6 is 11.8 Å². The number of thioether (sulfide) groups is 1. The summed E-state index contributed by atoms with van der Waals surface area (Å²) in [5, 5.41) is 11.5. The normalized spacial score (nSPS) is 13.0. The van der Waals surface area contributed by atoms with Crippen LogP contribution in [-0.4, -0.2) is 47.5 Å². The molecule has 0 aromatic heterocycles. The highest BCUT2D eigenvalue weighted by Gasteiger charge is 2.23. The Morgan fingerprint density at radius 1 is 1.39 bits per heavy atom. The van der Waals surface area contributed by atoms with Gasteiger partial charge in [-0.25, -0.2) is 4.79 Å². The second-order valence-electron chi connectivity index (χ2n) is 4.85. The third-order valence-electron chi connectivity index (χ3n) is 3.13. The fourth-order valence-corrected chi connectivity index (χ4v) is 2.35. The number of hydrogen-bond donors (Lipinski definition) is 3. The minimum Gasteiger partial charge on any atom is -0.480 e. The Balaban J connectivity index is 2.57. The standard InChI is InChI=1S/C15H20N2O5S/c1-23-7-6-13(15(20)21)17-14(19)12(16)8-10-2-4-11(5-3-10)22-9-18/h2-5,9,12-13H,6-8,16H2,1H3,(H,17,19)(H,20,21)/t12-,13-/m0/s1. The van der Waals surface area contributed by atoms with Crippen molar-refractivity contribution < 1.29 is 24.2 Å². The molecule has 0 aliphatic carbocycles. The van der Waals surface area contributed by atoms with Gasteiger partial charge < -0.3 is 20.9 Å². The van der Waals surface area contributed by atoms with E-state index < -0.39 is 24.0 Å². The fraction of sp³-hybridized carbons (Fsp3) is 0.400. The maximum atomic E-state index is 12.0. The number of carbonyl (C=O) groups is 3. The number of amides is 1. The Morgan fingerprint density at radius 2 is 2.04 bits per heavy atom. The average Bonchev–Trinajstić information content (AvgIpc) is 2.53. The monoisotopic (exact) mass is 340 g/mol. The SMILES string of the molecule is CSCC[C@H](NC(=O)[C@@H](N)Cc1ccc(OC=O)cc1)C(=O)O. The van der Waals surface area contributed by atoms with Crippen LogP contribution in [0.2, 0.25) is 0 Å². The van der Waals surface area contributed by atoms with E-state index in [0.29, 0.717) is 24.4 Å². The third kappa shape index (κ3) is 6.70. The summed E-state index contributed by atoms with van der Waals surface area (Å²) in [5.74, 6) is -0.559. The van der Waals surface area contributed by atoms with Crippen molar-refractivity contribution in [1.29, 1.82) is 0 Å². The Kier molecular flexibility index (Phi) is 8.14. The van der Waals surface area contributed by atoms with Crippen LogP contribution in [-0.2, 0) is 20.8 Å². The molecule has 126 valence electrons. The maximum absolute atomic E-state index is 12.0. The molecular formula is C15H20N2O5S.